The number of carboxylic acids is 1. The summed E-state index contributed by atoms with van der Waals surface area (Å²) in [5.74, 6) is -1.89. The highest BCUT2D eigenvalue weighted by atomic mass is 16.4. The molecule has 0 bridgehead atoms. The number of rotatable bonds is 2. The highest BCUT2D eigenvalue weighted by molar-refractivity contribution is 5.96. The van der Waals surface area contributed by atoms with Gasteiger partial charge in [0, 0.05) is 18.0 Å². The zero-order valence-corrected chi connectivity index (χ0v) is 20.1. The first-order valence-corrected chi connectivity index (χ1v) is 12.0. The van der Waals surface area contributed by atoms with Crippen molar-refractivity contribution in [3.8, 4) is 0 Å². The van der Waals surface area contributed by atoms with Crippen LogP contribution in [0.2, 0.25) is 0 Å². The monoisotopic (exact) mass is 462 g/mol. The summed E-state index contributed by atoms with van der Waals surface area (Å²) < 4.78 is 0. The van der Waals surface area contributed by atoms with Gasteiger partial charge < -0.3 is 26.0 Å². The summed E-state index contributed by atoms with van der Waals surface area (Å²) in [4.78, 5) is 52.8. The molecule has 5 atom stereocenters. The summed E-state index contributed by atoms with van der Waals surface area (Å²) in [5.41, 5.74) is -1.74. The van der Waals surface area contributed by atoms with E-state index in [1.807, 2.05) is 39.8 Å². The van der Waals surface area contributed by atoms with Crippen LogP contribution in [0, 0.1) is 11.8 Å². The minimum atomic E-state index is -1.29. The van der Waals surface area contributed by atoms with Crippen LogP contribution >= 0.6 is 0 Å². The van der Waals surface area contributed by atoms with E-state index >= 15 is 0 Å². The molecule has 184 valence electrons. The summed E-state index contributed by atoms with van der Waals surface area (Å²) in [6.07, 6.45) is 8.58. The molecule has 0 aromatic heterocycles. The maximum atomic E-state index is 13.5. The van der Waals surface area contributed by atoms with Gasteiger partial charge in [-0.05, 0) is 58.8 Å². The summed E-state index contributed by atoms with van der Waals surface area (Å²) in [5, 5.41) is 18.2. The van der Waals surface area contributed by atoms with Gasteiger partial charge in [-0.3, -0.25) is 9.59 Å². The first-order valence-electron chi connectivity index (χ1n) is 12.0. The molecule has 0 radical (unpaired) electrons. The van der Waals surface area contributed by atoms with E-state index in [2.05, 4.69) is 16.0 Å². The van der Waals surface area contributed by atoms with Gasteiger partial charge in [-0.15, -0.1) is 0 Å². The van der Waals surface area contributed by atoms with Gasteiger partial charge in [0.2, 0.25) is 11.8 Å². The number of carbonyl (C=O) groups is 4. The maximum Gasteiger partial charge on any atom is 0.330 e. The minimum absolute atomic E-state index is 0.100. The van der Waals surface area contributed by atoms with E-state index in [1.54, 1.807) is 0 Å². The number of hydrogen-bond donors (Lipinski definition) is 4. The van der Waals surface area contributed by atoms with E-state index < -0.39 is 41.1 Å². The van der Waals surface area contributed by atoms with Crippen LogP contribution in [0.3, 0.4) is 0 Å². The summed E-state index contributed by atoms with van der Waals surface area (Å²) in [6, 6.07) is -1.90. The fourth-order valence-corrected chi connectivity index (χ4v) is 4.84. The second-order valence-corrected chi connectivity index (χ2v) is 10.9. The normalized spacial score (nSPS) is 34.1. The number of aliphatic carboxylic acids is 1. The van der Waals surface area contributed by atoms with Gasteiger partial charge in [-0.25, -0.2) is 9.59 Å². The molecule has 0 aromatic rings. The quantitative estimate of drug-likeness (QED) is 0.468. The fraction of sp³-hybridized carbons (Fsp3) is 0.750. The van der Waals surface area contributed by atoms with Crippen LogP contribution in [0.1, 0.15) is 72.6 Å². The van der Waals surface area contributed by atoms with Crippen molar-refractivity contribution < 1.29 is 24.3 Å². The Morgan fingerprint density at radius 3 is 2.61 bits per heavy atom. The number of nitrogens with zero attached hydrogens (tertiary/aromatic N) is 1. The van der Waals surface area contributed by atoms with Crippen molar-refractivity contribution in [2.24, 2.45) is 11.8 Å². The molecule has 2 heterocycles. The van der Waals surface area contributed by atoms with Crippen LogP contribution in [0.5, 0.6) is 0 Å². The molecule has 0 spiro atoms. The van der Waals surface area contributed by atoms with E-state index in [1.165, 1.54) is 4.90 Å². The molecule has 1 saturated heterocycles. The number of allylic oxidation sites excluding steroid dienone is 1. The van der Waals surface area contributed by atoms with Gasteiger partial charge >= 0.3 is 12.0 Å². The minimum Gasteiger partial charge on any atom is -0.479 e. The average Bonchev–Trinajstić information content (AvgIpc) is 3.25. The van der Waals surface area contributed by atoms with Crippen LogP contribution in [0.15, 0.2) is 12.2 Å². The molecule has 2 fully saturated rings. The smallest absolute Gasteiger partial charge is 0.330 e. The van der Waals surface area contributed by atoms with Crippen LogP contribution < -0.4 is 16.0 Å². The Hall–Kier alpha value is -2.58. The van der Waals surface area contributed by atoms with Crippen molar-refractivity contribution in [3.63, 3.8) is 0 Å². The third-order valence-electron chi connectivity index (χ3n) is 6.66. The van der Waals surface area contributed by atoms with Gasteiger partial charge in [0.1, 0.15) is 17.6 Å². The van der Waals surface area contributed by atoms with Gasteiger partial charge in [0.15, 0.2) is 0 Å². The lowest BCUT2D eigenvalue weighted by Crippen LogP contribution is -2.58. The zero-order valence-electron chi connectivity index (χ0n) is 20.1. The number of carboxylic acid groups (broad SMARTS) is 1. The summed E-state index contributed by atoms with van der Waals surface area (Å²) >= 11 is 0. The second kappa shape index (κ2) is 9.73. The number of urea groups is 1. The third kappa shape index (κ3) is 6.06. The van der Waals surface area contributed by atoms with E-state index in [4.69, 9.17) is 0 Å². The van der Waals surface area contributed by atoms with Crippen LogP contribution in [-0.2, 0) is 14.4 Å². The Morgan fingerprint density at radius 1 is 1.21 bits per heavy atom. The van der Waals surface area contributed by atoms with Gasteiger partial charge in [-0.2, -0.15) is 0 Å². The SMILES string of the molecule is C[C@@H]1C[C@H]2C(=O)N[C@]3(C(=O)O)C[C@H]3/C=C\CCCCC[C@H](NC(=O)NC(C)(C)C)C(=O)N2C1. The molecule has 0 unspecified atom stereocenters. The number of hydrogen-bond acceptors (Lipinski definition) is 4. The second-order valence-electron chi connectivity index (χ2n) is 10.9. The van der Waals surface area contributed by atoms with Gasteiger partial charge in [0.05, 0.1) is 0 Å². The van der Waals surface area contributed by atoms with E-state index in [9.17, 15) is 24.3 Å². The first-order chi connectivity index (χ1) is 15.4. The van der Waals surface area contributed by atoms with Crippen molar-refractivity contribution in [3.05, 3.63) is 12.2 Å². The van der Waals surface area contributed by atoms with Gasteiger partial charge in [-0.1, -0.05) is 31.9 Å². The molecule has 3 aliphatic rings. The number of fused-ring (bicyclic) bond motifs is 2. The van der Waals surface area contributed by atoms with Crippen molar-refractivity contribution in [1.82, 2.24) is 20.9 Å². The molecule has 4 amide bonds. The predicted molar refractivity (Wildman–Crippen MR) is 123 cm³/mol. The molecule has 3 rings (SSSR count). The zero-order chi connectivity index (χ0) is 24.4. The Morgan fingerprint density at radius 2 is 1.94 bits per heavy atom. The summed E-state index contributed by atoms with van der Waals surface area (Å²) in [7, 11) is 0. The standard InChI is InChI=1S/C24H38N4O5/c1-15-12-18-19(29)26-24(21(31)32)13-16(24)10-8-6-5-7-9-11-17(20(30)28(18)14-15)25-22(33)27-23(2,3)4/h8,10,15-18H,5-7,9,11-14H2,1-4H3,(H,26,29)(H,31,32)(H2,25,27,33)/b10-8-/t15-,16-,17+,18+,24-/m1/s1. The van der Waals surface area contributed by atoms with Gasteiger partial charge in [0.25, 0.3) is 0 Å². The molecular weight excluding hydrogens is 424 g/mol. The van der Waals surface area contributed by atoms with Crippen LogP contribution in [0.4, 0.5) is 4.79 Å². The first kappa shape index (κ1) is 25.1. The summed E-state index contributed by atoms with van der Waals surface area (Å²) in [6.45, 7) is 7.97. The van der Waals surface area contributed by atoms with Crippen molar-refractivity contribution >= 4 is 23.8 Å². The van der Waals surface area contributed by atoms with Crippen molar-refractivity contribution in [2.75, 3.05) is 6.54 Å². The molecule has 33 heavy (non-hydrogen) atoms. The van der Waals surface area contributed by atoms with E-state index in [0.29, 0.717) is 25.8 Å². The number of carbonyl (C=O) groups excluding carboxylic acids is 3. The molecule has 9 nitrogen and oxygen atoms in total. The number of nitrogens with one attached hydrogen (secondary N) is 3. The highest BCUT2D eigenvalue weighted by Crippen LogP contribution is 2.45. The molecule has 1 saturated carbocycles. The fourth-order valence-electron chi connectivity index (χ4n) is 4.84. The predicted octanol–water partition coefficient (Wildman–Crippen LogP) is 2.17. The van der Waals surface area contributed by atoms with E-state index in [-0.39, 0.29) is 17.7 Å². The molecular formula is C24H38N4O5. The Labute approximate surface area is 195 Å². The Bertz CT molecular complexity index is 820. The van der Waals surface area contributed by atoms with Crippen molar-refractivity contribution in [1.29, 1.82) is 0 Å². The number of amides is 4. The highest BCUT2D eigenvalue weighted by Gasteiger charge is 2.61. The molecule has 2 aliphatic heterocycles. The van der Waals surface area contributed by atoms with E-state index in [0.717, 1.165) is 25.7 Å². The molecule has 4 N–H and O–H groups in total. The lowest BCUT2D eigenvalue weighted by Gasteiger charge is -2.30. The van der Waals surface area contributed by atoms with Crippen molar-refractivity contribution in [2.45, 2.75) is 95.8 Å². The lowest BCUT2D eigenvalue weighted by atomic mass is 10.0. The molecule has 1 aliphatic carbocycles. The third-order valence-corrected chi connectivity index (χ3v) is 6.66. The Balaban J connectivity index is 1.83. The topological polar surface area (TPSA) is 128 Å². The maximum absolute atomic E-state index is 13.5. The Kier molecular flexibility index (Phi) is 7.39. The lowest BCUT2D eigenvalue weighted by molar-refractivity contribution is -0.145. The molecule has 0 aromatic carbocycles. The molecule has 9 heteroatoms. The van der Waals surface area contributed by atoms with Crippen LogP contribution in [0.25, 0.3) is 0 Å². The largest absolute Gasteiger partial charge is 0.479 e. The van der Waals surface area contributed by atoms with Crippen LogP contribution in [-0.4, -0.2) is 63.5 Å². The average molecular weight is 463 g/mol.